The van der Waals surface area contributed by atoms with Crippen LogP contribution in [-0.4, -0.2) is 23.2 Å². The third-order valence-corrected chi connectivity index (χ3v) is 2.20. The van der Waals surface area contributed by atoms with E-state index < -0.39 is 23.6 Å². The van der Waals surface area contributed by atoms with Crippen molar-refractivity contribution in [1.29, 1.82) is 0 Å². The van der Waals surface area contributed by atoms with E-state index in [0.717, 1.165) is 12.3 Å². The van der Waals surface area contributed by atoms with Crippen molar-refractivity contribution in [2.75, 3.05) is 6.54 Å². The number of nitrogens with one attached hydrogen (secondary N) is 1. The molecule has 0 aliphatic heterocycles. The predicted molar refractivity (Wildman–Crippen MR) is 75.0 cm³/mol. The number of pyridine rings is 1. The molecular formula is C15H17F3N2O2. The lowest BCUT2D eigenvalue weighted by Gasteiger charge is -2.19. The number of hydrogen-bond donors (Lipinski definition) is 1. The third-order valence-electron chi connectivity index (χ3n) is 2.20. The van der Waals surface area contributed by atoms with Gasteiger partial charge in [-0.3, -0.25) is 4.98 Å². The minimum atomic E-state index is -4.46. The number of ether oxygens (including phenoxy) is 1. The number of alkyl carbamates (subject to hydrolysis) is 1. The van der Waals surface area contributed by atoms with Crippen LogP contribution in [0, 0.1) is 11.8 Å². The average Bonchev–Trinajstić information content (AvgIpc) is 2.35. The van der Waals surface area contributed by atoms with Crippen LogP contribution in [0.2, 0.25) is 0 Å². The molecule has 0 aromatic carbocycles. The van der Waals surface area contributed by atoms with Crippen LogP contribution in [0.4, 0.5) is 18.0 Å². The van der Waals surface area contributed by atoms with E-state index in [1.165, 1.54) is 6.07 Å². The Morgan fingerprint density at radius 1 is 1.32 bits per heavy atom. The summed E-state index contributed by atoms with van der Waals surface area (Å²) < 4.78 is 42.0. The van der Waals surface area contributed by atoms with E-state index in [0.29, 0.717) is 12.0 Å². The van der Waals surface area contributed by atoms with Crippen LogP contribution < -0.4 is 5.32 Å². The van der Waals surface area contributed by atoms with Gasteiger partial charge in [-0.15, -0.1) is 0 Å². The van der Waals surface area contributed by atoms with E-state index in [1.807, 2.05) is 0 Å². The first kappa shape index (κ1) is 17.8. The molecule has 4 nitrogen and oxygen atoms in total. The summed E-state index contributed by atoms with van der Waals surface area (Å²) in [6, 6.07) is 2.13. The van der Waals surface area contributed by atoms with Gasteiger partial charge in [-0.05, 0) is 32.9 Å². The molecule has 0 aliphatic rings. The number of hydrogen-bond acceptors (Lipinski definition) is 3. The van der Waals surface area contributed by atoms with Gasteiger partial charge >= 0.3 is 12.3 Å². The number of aromatic nitrogens is 1. The van der Waals surface area contributed by atoms with Gasteiger partial charge in [-0.25, -0.2) is 4.79 Å². The molecule has 1 aromatic rings. The number of amides is 1. The Balaban J connectivity index is 2.41. The van der Waals surface area contributed by atoms with Crippen LogP contribution in [0.3, 0.4) is 0 Å². The standard InChI is InChI=1S/C15H17F3N2O2/c1-14(2,3)22-13(21)19-9-5-4-6-11-7-8-12(20-10-11)15(16,17)18/h7-8,10H,5,9H2,1-3H3,(H,19,21). The lowest BCUT2D eigenvalue weighted by atomic mass is 10.2. The molecule has 0 saturated carbocycles. The SMILES string of the molecule is CC(C)(C)OC(=O)NCCC#Cc1ccc(C(F)(F)F)nc1. The second-order valence-corrected chi connectivity index (χ2v) is 5.41. The monoisotopic (exact) mass is 314 g/mol. The summed E-state index contributed by atoms with van der Waals surface area (Å²) in [5.74, 6) is 5.41. The molecule has 0 bridgehead atoms. The van der Waals surface area contributed by atoms with E-state index in [4.69, 9.17) is 4.74 Å². The molecule has 0 aliphatic carbocycles. The first-order chi connectivity index (χ1) is 10.1. The Labute approximate surface area is 127 Å². The maximum atomic E-state index is 12.3. The van der Waals surface area contributed by atoms with Crippen LogP contribution >= 0.6 is 0 Å². The molecule has 0 saturated heterocycles. The van der Waals surface area contributed by atoms with Gasteiger partial charge < -0.3 is 10.1 Å². The number of halogens is 3. The molecule has 1 N–H and O–H groups in total. The zero-order valence-electron chi connectivity index (χ0n) is 12.5. The predicted octanol–water partition coefficient (Wildman–Crippen LogP) is 3.37. The van der Waals surface area contributed by atoms with Gasteiger partial charge in [0.25, 0.3) is 0 Å². The van der Waals surface area contributed by atoms with Gasteiger partial charge in [0.1, 0.15) is 11.3 Å². The molecule has 0 spiro atoms. The van der Waals surface area contributed by atoms with E-state index in [1.54, 1.807) is 20.8 Å². The molecule has 7 heteroatoms. The first-order valence-electron chi connectivity index (χ1n) is 6.57. The van der Waals surface area contributed by atoms with E-state index in [-0.39, 0.29) is 6.54 Å². The van der Waals surface area contributed by atoms with Crippen LogP contribution in [0.15, 0.2) is 18.3 Å². The van der Waals surface area contributed by atoms with Gasteiger partial charge in [-0.2, -0.15) is 13.2 Å². The topological polar surface area (TPSA) is 51.2 Å². The Morgan fingerprint density at radius 3 is 2.50 bits per heavy atom. The first-order valence-corrected chi connectivity index (χ1v) is 6.57. The Kier molecular flexibility index (Phi) is 5.80. The fourth-order valence-electron chi connectivity index (χ4n) is 1.34. The number of carbonyl (C=O) groups excluding carboxylic acids is 1. The van der Waals surface area contributed by atoms with Crippen LogP contribution in [0.1, 0.15) is 38.4 Å². The highest BCUT2D eigenvalue weighted by Crippen LogP contribution is 2.26. The van der Waals surface area contributed by atoms with Gasteiger partial charge in [0, 0.05) is 24.7 Å². The van der Waals surface area contributed by atoms with Gasteiger partial charge in [0.15, 0.2) is 0 Å². The minimum absolute atomic E-state index is 0.288. The summed E-state index contributed by atoms with van der Waals surface area (Å²) >= 11 is 0. The normalized spacial score (nSPS) is 11.4. The van der Waals surface area contributed by atoms with Crippen LogP contribution in [-0.2, 0) is 10.9 Å². The number of alkyl halides is 3. The summed E-state index contributed by atoms with van der Waals surface area (Å²) in [4.78, 5) is 14.6. The summed E-state index contributed by atoms with van der Waals surface area (Å²) in [7, 11) is 0. The van der Waals surface area contributed by atoms with Gasteiger partial charge in [0.05, 0.1) is 0 Å². The largest absolute Gasteiger partial charge is 0.444 e. The number of nitrogens with zero attached hydrogens (tertiary/aromatic N) is 1. The molecule has 1 aromatic heterocycles. The third kappa shape index (κ3) is 6.97. The second kappa shape index (κ2) is 7.16. The Bertz CT molecular complexity index is 564. The molecule has 1 heterocycles. The maximum absolute atomic E-state index is 12.3. The fourth-order valence-corrected chi connectivity index (χ4v) is 1.34. The second-order valence-electron chi connectivity index (χ2n) is 5.41. The molecule has 120 valence electrons. The van der Waals surface area contributed by atoms with Crippen molar-refractivity contribution in [3.63, 3.8) is 0 Å². The minimum Gasteiger partial charge on any atom is -0.444 e. The van der Waals surface area contributed by atoms with Crippen molar-refractivity contribution in [3.05, 3.63) is 29.6 Å². The van der Waals surface area contributed by atoms with E-state index in [9.17, 15) is 18.0 Å². The van der Waals surface area contributed by atoms with Gasteiger partial charge in [0.2, 0.25) is 0 Å². The summed E-state index contributed by atoms with van der Waals surface area (Å²) in [5, 5.41) is 2.53. The molecule has 0 radical (unpaired) electrons. The molecule has 0 atom stereocenters. The highest BCUT2D eigenvalue weighted by atomic mass is 19.4. The lowest BCUT2D eigenvalue weighted by Crippen LogP contribution is -2.32. The van der Waals surface area contributed by atoms with E-state index in [2.05, 4.69) is 22.1 Å². The fraction of sp³-hybridized carbons (Fsp3) is 0.467. The van der Waals surface area contributed by atoms with Crippen molar-refractivity contribution in [3.8, 4) is 11.8 Å². The summed E-state index contributed by atoms with van der Waals surface area (Å²) in [6.45, 7) is 5.55. The lowest BCUT2D eigenvalue weighted by molar-refractivity contribution is -0.141. The molecule has 1 amide bonds. The molecule has 22 heavy (non-hydrogen) atoms. The average molecular weight is 314 g/mol. The Morgan fingerprint density at radius 2 is 2.00 bits per heavy atom. The highest BCUT2D eigenvalue weighted by molar-refractivity contribution is 5.67. The van der Waals surface area contributed by atoms with E-state index >= 15 is 0 Å². The highest BCUT2D eigenvalue weighted by Gasteiger charge is 2.31. The molecule has 1 rings (SSSR count). The summed E-state index contributed by atoms with van der Waals surface area (Å²) in [6.07, 6.45) is -3.58. The van der Waals surface area contributed by atoms with Crippen molar-refractivity contribution < 1.29 is 22.7 Å². The quantitative estimate of drug-likeness (QED) is 0.672. The molecule has 0 unspecified atom stereocenters. The zero-order chi connectivity index (χ0) is 16.8. The van der Waals surface area contributed by atoms with Crippen molar-refractivity contribution in [2.24, 2.45) is 0 Å². The van der Waals surface area contributed by atoms with Gasteiger partial charge in [-0.1, -0.05) is 11.8 Å². The van der Waals surface area contributed by atoms with Crippen molar-refractivity contribution in [1.82, 2.24) is 10.3 Å². The number of carbonyl (C=O) groups is 1. The Hall–Kier alpha value is -2.23. The maximum Gasteiger partial charge on any atom is 0.433 e. The smallest absolute Gasteiger partial charge is 0.433 e. The van der Waals surface area contributed by atoms with Crippen LogP contribution in [0.25, 0.3) is 0 Å². The zero-order valence-corrected chi connectivity index (χ0v) is 12.5. The van der Waals surface area contributed by atoms with Crippen molar-refractivity contribution in [2.45, 2.75) is 39.0 Å². The molecule has 0 fully saturated rings. The van der Waals surface area contributed by atoms with Crippen LogP contribution in [0.5, 0.6) is 0 Å². The summed E-state index contributed by atoms with van der Waals surface area (Å²) in [5.41, 5.74) is -1.14. The number of rotatable bonds is 2. The molecular weight excluding hydrogens is 297 g/mol. The van der Waals surface area contributed by atoms with Crippen molar-refractivity contribution >= 4 is 6.09 Å².